The van der Waals surface area contributed by atoms with Crippen LogP contribution in [-0.4, -0.2) is 16.6 Å². The van der Waals surface area contributed by atoms with Gasteiger partial charge in [0.2, 0.25) is 8.32 Å². The Morgan fingerprint density at radius 3 is 1.82 bits per heavy atom. The van der Waals surface area contributed by atoms with E-state index < -0.39 is 16.6 Å². The minimum absolute atomic E-state index is 0.0356. The number of allylic oxidation sites excluding steroid dienone is 1. The quantitative estimate of drug-likeness (QED) is 0.319. The minimum Gasteiger partial charge on any atom is -0.544 e. The molecule has 2 nitrogen and oxygen atoms in total. The Balaban J connectivity index is 2.05. The van der Waals surface area contributed by atoms with Gasteiger partial charge in [-0.05, 0) is 84.5 Å². The first-order valence-corrected chi connectivity index (χ1v) is 18.2. The van der Waals surface area contributed by atoms with Crippen molar-refractivity contribution in [2.75, 3.05) is 0 Å². The van der Waals surface area contributed by atoms with Crippen LogP contribution in [0.15, 0.2) is 54.6 Å². The summed E-state index contributed by atoms with van der Waals surface area (Å²) in [5.41, 5.74) is 2.21. The molecular formula is C29H45FO2Si2. The van der Waals surface area contributed by atoms with E-state index in [1.165, 1.54) is 12.1 Å². The molecule has 0 aliphatic heterocycles. The third-order valence-corrected chi connectivity index (χ3v) is 16.3. The van der Waals surface area contributed by atoms with Crippen LogP contribution in [0.3, 0.4) is 0 Å². The van der Waals surface area contributed by atoms with Gasteiger partial charge in [-0.15, -0.1) is 0 Å². The van der Waals surface area contributed by atoms with Crippen LogP contribution in [-0.2, 0) is 4.43 Å². The zero-order chi connectivity index (χ0) is 25.8. The maximum atomic E-state index is 13.5. The summed E-state index contributed by atoms with van der Waals surface area (Å²) in [5.74, 6) is 0.735. The lowest BCUT2D eigenvalue weighted by Crippen LogP contribution is -2.43. The second kappa shape index (κ2) is 10.9. The molecular weight excluding hydrogens is 455 g/mol. The van der Waals surface area contributed by atoms with E-state index in [0.29, 0.717) is 0 Å². The molecule has 0 aliphatic rings. The van der Waals surface area contributed by atoms with Crippen LogP contribution in [0.5, 0.6) is 5.75 Å². The van der Waals surface area contributed by atoms with Gasteiger partial charge in [0.15, 0.2) is 8.32 Å². The fourth-order valence-corrected chi connectivity index (χ4v) is 5.42. The molecule has 188 valence electrons. The van der Waals surface area contributed by atoms with Gasteiger partial charge in [0.05, 0.1) is 6.10 Å². The molecule has 2 rings (SSSR count). The Kier molecular flexibility index (Phi) is 9.17. The van der Waals surface area contributed by atoms with Crippen molar-refractivity contribution in [3.05, 3.63) is 71.6 Å². The average Bonchev–Trinajstić information content (AvgIpc) is 2.70. The molecule has 0 amide bonds. The second-order valence-corrected chi connectivity index (χ2v) is 21.8. The Morgan fingerprint density at radius 2 is 1.32 bits per heavy atom. The molecule has 0 aliphatic carbocycles. The van der Waals surface area contributed by atoms with E-state index in [4.69, 9.17) is 8.85 Å². The van der Waals surface area contributed by atoms with Crippen LogP contribution in [0.25, 0.3) is 6.08 Å². The van der Waals surface area contributed by atoms with Crippen molar-refractivity contribution in [3.63, 3.8) is 0 Å². The lowest BCUT2D eigenvalue weighted by molar-refractivity contribution is 0.175. The van der Waals surface area contributed by atoms with Crippen molar-refractivity contribution in [2.45, 2.75) is 96.8 Å². The third kappa shape index (κ3) is 7.92. The molecule has 5 heteroatoms. The van der Waals surface area contributed by atoms with Crippen molar-refractivity contribution < 1.29 is 13.2 Å². The Morgan fingerprint density at radius 1 is 0.794 bits per heavy atom. The number of hydrogen-bond donors (Lipinski definition) is 0. The summed E-state index contributed by atoms with van der Waals surface area (Å²) in [6.07, 6.45) is 6.07. The Hall–Kier alpha value is -1.70. The summed E-state index contributed by atoms with van der Waals surface area (Å²) in [5, 5.41) is 0.300. The summed E-state index contributed by atoms with van der Waals surface area (Å²) in [4.78, 5) is 0. The Bertz CT molecular complexity index is 934. The summed E-state index contributed by atoms with van der Waals surface area (Å²) >= 11 is 0. The first-order valence-electron chi connectivity index (χ1n) is 12.4. The van der Waals surface area contributed by atoms with Gasteiger partial charge < -0.3 is 8.85 Å². The van der Waals surface area contributed by atoms with E-state index in [2.05, 4.69) is 104 Å². The fraction of sp³-hybridized carbons (Fsp3) is 0.517. The van der Waals surface area contributed by atoms with Crippen LogP contribution in [0, 0.1) is 5.82 Å². The average molecular weight is 501 g/mol. The van der Waals surface area contributed by atoms with Crippen LogP contribution >= 0.6 is 0 Å². The molecule has 1 atom stereocenters. The first-order chi connectivity index (χ1) is 15.5. The van der Waals surface area contributed by atoms with Crippen molar-refractivity contribution in [3.8, 4) is 5.75 Å². The SMILES string of the molecule is CC(C)(C)[Si](C)(C)Oc1ccc(/C=C/CC[C@H](O[Si](C)(C)C(C)(C)C)c2ccc(F)cc2)cc1. The number of benzene rings is 2. The lowest BCUT2D eigenvalue weighted by atomic mass is 10.0. The number of halogens is 1. The zero-order valence-corrected chi connectivity index (χ0v) is 25.0. The van der Waals surface area contributed by atoms with Crippen LogP contribution in [0.2, 0.25) is 36.3 Å². The molecule has 0 unspecified atom stereocenters. The molecule has 0 aromatic heterocycles. The third-order valence-electron chi connectivity index (χ3n) is 7.45. The highest BCUT2D eigenvalue weighted by Crippen LogP contribution is 2.41. The minimum atomic E-state index is -1.96. The lowest BCUT2D eigenvalue weighted by Gasteiger charge is -2.39. The van der Waals surface area contributed by atoms with Crippen LogP contribution in [0.4, 0.5) is 4.39 Å². The van der Waals surface area contributed by atoms with Crippen molar-refractivity contribution in [1.82, 2.24) is 0 Å². The number of hydrogen-bond acceptors (Lipinski definition) is 2. The largest absolute Gasteiger partial charge is 0.544 e. The highest BCUT2D eigenvalue weighted by Gasteiger charge is 2.40. The molecule has 34 heavy (non-hydrogen) atoms. The van der Waals surface area contributed by atoms with Crippen LogP contribution in [0.1, 0.15) is 71.6 Å². The summed E-state index contributed by atoms with van der Waals surface area (Å²) in [6.45, 7) is 22.6. The fourth-order valence-electron chi connectivity index (χ4n) is 3.07. The molecule has 2 aromatic carbocycles. The van der Waals surface area contributed by atoms with Gasteiger partial charge in [-0.1, -0.05) is 78.0 Å². The highest BCUT2D eigenvalue weighted by molar-refractivity contribution is 6.75. The van der Waals surface area contributed by atoms with Crippen LogP contribution < -0.4 is 4.43 Å². The summed E-state index contributed by atoms with van der Waals surface area (Å²) < 4.78 is 26.6. The van der Waals surface area contributed by atoms with E-state index in [-0.39, 0.29) is 22.0 Å². The van der Waals surface area contributed by atoms with Gasteiger partial charge >= 0.3 is 0 Å². The van der Waals surface area contributed by atoms with E-state index in [0.717, 1.165) is 29.7 Å². The smallest absolute Gasteiger partial charge is 0.250 e. The van der Waals surface area contributed by atoms with E-state index in [1.54, 1.807) is 0 Å². The molecule has 0 N–H and O–H groups in total. The van der Waals surface area contributed by atoms with E-state index in [1.807, 2.05) is 12.1 Å². The molecule has 0 fully saturated rings. The van der Waals surface area contributed by atoms with E-state index >= 15 is 0 Å². The predicted octanol–water partition coefficient (Wildman–Crippen LogP) is 9.77. The van der Waals surface area contributed by atoms with Gasteiger partial charge in [0, 0.05) is 0 Å². The highest BCUT2D eigenvalue weighted by atomic mass is 28.4. The van der Waals surface area contributed by atoms with Gasteiger partial charge in [-0.25, -0.2) is 4.39 Å². The topological polar surface area (TPSA) is 18.5 Å². The molecule has 0 radical (unpaired) electrons. The predicted molar refractivity (Wildman–Crippen MR) is 150 cm³/mol. The van der Waals surface area contributed by atoms with Gasteiger partial charge in [-0.2, -0.15) is 0 Å². The monoisotopic (exact) mass is 500 g/mol. The summed E-state index contributed by atoms with van der Waals surface area (Å²) in [6, 6.07) is 15.1. The van der Waals surface area contributed by atoms with Crippen molar-refractivity contribution in [2.24, 2.45) is 0 Å². The molecule has 0 spiro atoms. The summed E-state index contributed by atoms with van der Waals surface area (Å²) in [7, 11) is -3.78. The van der Waals surface area contributed by atoms with Crippen molar-refractivity contribution >= 4 is 22.7 Å². The standard InChI is InChI=1S/C29H45FO2Si2/c1-28(2,3)33(7,8)31-26-21-15-23(16-22-26)13-11-12-14-27(24-17-19-25(30)20-18-24)32-34(9,10)29(4,5)6/h11,13,15-22,27H,12,14H2,1-10H3/b13-11+/t27-/m0/s1. The Labute approximate surface area is 209 Å². The van der Waals surface area contributed by atoms with Gasteiger partial charge in [0.1, 0.15) is 11.6 Å². The van der Waals surface area contributed by atoms with E-state index in [9.17, 15) is 4.39 Å². The first kappa shape index (κ1) is 28.5. The molecule has 0 heterocycles. The maximum Gasteiger partial charge on any atom is 0.250 e. The second-order valence-electron chi connectivity index (χ2n) is 12.3. The molecule has 0 saturated carbocycles. The normalized spacial score (nSPS) is 14.4. The van der Waals surface area contributed by atoms with Gasteiger partial charge in [0.25, 0.3) is 0 Å². The van der Waals surface area contributed by atoms with Crippen molar-refractivity contribution in [1.29, 1.82) is 0 Å². The molecule has 0 bridgehead atoms. The molecule has 0 saturated heterocycles. The molecule has 2 aromatic rings. The zero-order valence-electron chi connectivity index (χ0n) is 23.0. The van der Waals surface area contributed by atoms with Gasteiger partial charge in [-0.3, -0.25) is 0 Å². The maximum absolute atomic E-state index is 13.5. The number of rotatable bonds is 9.